The fraction of sp³-hybridized carbons (Fsp3) is 0.875. The molecule has 2 aliphatic heterocycles. The number of nitrogens with two attached hydrogens (primary N) is 3. The van der Waals surface area contributed by atoms with Gasteiger partial charge in [0.2, 0.25) is 6.29 Å². The second kappa shape index (κ2) is 13.7. The summed E-state index contributed by atoms with van der Waals surface area (Å²) in [5, 5.41) is 38.8. The zero-order chi connectivity index (χ0) is 27.2. The predicted octanol–water partition coefficient (Wildman–Crippen LogP) is -2.99. The molecule has 13 heteroatoms. The summed E-state index contributed by atoms with van der Waals surface area (Å²) in [6.07, 6.45) is -1.88. The van der Waals surface area contributed by atoms with Gasteiger partial charge >= 0.3 is 0 Å². The van der Waals surface area contributed by atoms with E-state index in [0.29, 0.717) is 31.7 Å². The highest BCUT2D eigenvalue weighted by molar-refractivity contribution is 5.50. The van der Waals surface area contributed by atoms with E-state index < -0.39 is 66.6 Å². The minimum Gasteiger partial charge on any atom is -0.467 e. The number of likely N-dealkylation sites (N-methyl/N-ethyl adjacent to an activating group) is 1. The SMILES string of the molecule is CN[C@@H]1[C@@H](O)[C@@H](O[C@H]2[C@H](CC=O)C[C@H](N)C(O[C@H]3OC(CNCCCN)=CC[C@H]3N)[C@@H]2O)OC[C@]1(C)O. The summed E-state index contributed by atoms with van der Waals surface area (Å²) in [5.41, 5.74) is 16.8. The van der Waals surface area contributed by atoms with Gasteiger partial charge in [0.05, 0.1) is 31.3 Å². The van der Waals surface area contributed by atoms with Crippen LogP contribution >= 0.6 is 0 Å². The van der Waals surface area contributed by atoms with Gasteiger partial charge in [-0.1, -0.05) is 0 Å². The molecule has 13 nitrogen and oxygen atoms in total. The maximum absolute atomic E-state index is 11.4. The molecule has 0 bridgehead atoms. The number of aliphatic hydroxyl groups is 3. The molecule has 2 heterocycles. The quantitative estimate of drug-likeness (QED) is 0.0932. The Morgan fingerprint density at radius 1 is 1.19 bits per heavy atom. The number of rotatable bonds is 12. The summed E-state index contributed by atoms with van der Waals surface area (Å²) < 4.78 is 23.8. The second-order valence-corrected chi connectivity index (χ2v) is 10.4. The van der Waals surface area contributed by atoms with Crippen molar-refractivity contribution < 1.29 is 39.1 Å². The van der Waals surface area contributed by atoms with Crippen LogP contribution in [0.15, 0.2) is 11.8 Å². The molecule has 0 amide bonds. The first-order valence-electron chi connectivity index (χ1n) is 13.0. The Balaban J connectivity index is 1.69. The molecule has 1 saturated carbocycles. The van der Waals surface area contributed by atoms with Crippen LogP contribution in [0.3, 0.4) is 0 Å². The van der Waals surface area contributed by atoms with Gasteiger partial charge in [0.15, 0.2) is 6.29 Å². The van der Waals surface area contributed by atoms with Crippen LogP contribution in [0, 0.1) is 5.92 Å². The molecule has 0 aromatic carbocycles. The van der Waals surface area contributed by atoms with Crippen LogP contribution in [0.5, 0.6) is 0 Å². The highest BCUT2D eigenvalue weighted by Gasteiger charge is 2.51. The third-order valence-electron chi connectivity index (χ3n) is 7.35. The maximum atomic E-state index is 11.4. The van der Waals surface area contributed by atoms with E-state index in [0.717, 1.165) is 19.3 Å². The Hall–Kier alpha value is -1.23. The standard InChI is InChI=1S/C24H45N5O8/c1-24(33)12-34-23(18(32)21(24)28-2)36-19-13(6-9-30)10-16(27)20(17(19)31)37-22-15(26)5-4-14(35-22)11-29-8-3-7-25/h4,9,13,15-23,28-29,31-33H,3,5-8,10-12,25-27H2,1-2H3/t13-,15-,16+,17-,18-,19+,20?,21-,22-,23-,24+/m1/s1. The minimum atomic E-state index is -1.33. The Morgan fingerprint density at radius 2 is 1.92 bits per heavy atom. The van der Waals surface area contributed by atoms with E-state index in [9.17, 15) is 20.1 Å². The minimum absolute atomic E-state index is 0.0962. The van der Waals surface area contributed by atoms with Gasteiger partial charge in [-0.3, -0.25) is 0 Å². The lowest BCUT2D eigenvalue weighted by atomic mass is 9.78. The zero-order valence-corrected chi connectivity index (χ0v) is 21.7. The molecule has 3 aliphatic rings. The molecular weight excluding hydrogens is 486 g/mol. The lowest BCUT2D eigenvalue weighted by Crippen LogP contribution is -2.67. The third-order valence-corrected chi connectivity index (χ3v) is 7.35. The number of aldehydes is 1. The molecule has 0 aromatic rings. The lowest BCUT2D eigenvalue weighted by Gasteiger charge is -2.48. The molecule has 2 fully saturated rings. The van der Waals surface area contributed by atoms with Gasteiger partial charge in [-0.15, -0.1) is 0 Å². The third kappa shape index (κ3) is 7.46. The van der Waals surface area contributed by atoms with Crippen LogP contribution in [0.4, 0.5) is 0 Å². The summed E-state index contributed by atoms with van der Waals surface area (Å²) in [5.74, 6) is 0.245. The predicted molar refractivity (Wildman–Crippen MR) is 134 cm³/mol. The van der Waals surface area contributed by atoms with Crippen molar-refractivity contribution in [3.8, 4) is 0 Å². The van der Waals surface area contributed by atoms with E-state index in [1.54, 1.807) is 14.0 Å². The normalized spacial score (nSPS) is 42.6. The first-order chi connectivity index (χ1) is 17.6. The topological polar surface area (TPSA) is 217 Å². The average Bonchev–Trinajstić information content (AvgIpc) is 2.85. The Labute approximate surface area is 218 Å². The van der Waals surface area contributed by atoms with Crippen molar-refractivity contribution >= 4 is 6.29 Å². The van der Waals surface area contributed by atoms with Crippen LogP contribution < -0.4 is 27.8 Å². The molecule has 1 aliphatic carbocycles. The van der Waals surface area contributed by atoms with Gasteiger partial charge in [0, 0.05) is 12.5 Å². The Bertz CT molecular complexity index is 759. The van der Waals surface area contributed by atoms with Gasteiger partial charge in [0.1, 0.15) is 36.0 Å². The van der Waals surface area contributed by atoms with E-state index in [-0.39, 0.29) is 13.0 Å². The van der Waals surface area contributed by atoms with Gasteiger partial charge in [-0.2, -0.15) is 0 Å². The number of hydrogen-bond acceptors (Lipinski definition) is 13. The zero-order valence-electron chi connectivity index (χ0n) is 21.7. The summed E-state index contributed by atoms with van der Waals surface area (Å²) in [4.78, 5) is 11.4. The number of aliphatic hydroxyl groups excluding tert-OH is 2. The first-order valence-corrected chi connectivity index (χ1v) is 13.0. The molecule has 1 saturated heterocycles. The largest absolute Gasteiger partial charge is 0.467 e. The van der Waals surface area contributed by atoms with Crippen LogP contribution in [-0.2, 0) is 23.7 Å². The molecule has 214 valence electrons. The number of carbonyl (C=O) groups excluding carboxylic acids is 1. The van der Waals surface area contributed by atoms with Crippen LogP contribution in [0.1, 0.15) is 32.6 Å². The highest BCUT2D eigenvalue weighted by Crippen LogP contribution is 2.35. The molecule has 37 heavy (non-hydrogen) atoms. The van der Waals surface area contributed by atoms with Crippen LogP contribution in [0.25, 0.3) is 0 Å². The van der Waals surface area contributed by atoms with E-state index in [1.807, 2.05) is 6.08 Å². The molecule has 1 unspecified atom stereocenters. The van der Waals surface area contributed by atoms with Gasteiger partial charge < -0.3 is 66.9 Å². The van der Waals surface area contributed by atoms with E-state index >= 15 is 0 Å². The fourth-order valence-corrected chi connectivity index (χ4v) is 5.28. The summed E-state index contributed by atoms with van der Waals surface area (Å²) in [6, 6.07) is -1.82. The first kappa shape index (κ1) is 30.3. The van der Waals surface area contributed by atoms with Crippen LogP contribution in [-0.4, -0.2) is 116 Å². The number of nitrogens with one attached hydrogen (secondary N) is 2. The van der Waals surface area contributed by atoms with E-state index in [4.69, 9.17) is 36.1 Å². The molecule has 3 rings (SSSR count). The average molecular weight is 532 g/mol. The lowest BCUT2D eigenvalue weighted by molar-refractivity contribution is -0.308. The molecule has 0 spiro atoms. The van der Waals surface area contributed by atoms with E-state index in [1.165, 1.54) is 0 Å². The molecule has 11 N–H and O–H groups in total. The second-order valence-electron chi connectivity index (χ2n) is 10.4. The molecule has 0 aromatic heterocycles. The highest BCUT2D eigenvalue weighted by atomic mass is 16.7. The van der Waals surface area contributed by atoms with Gasteiger partial charge in [-0.05, 0) is 58.3 Å². The molecular formula is C24H45N5O8. The van der Waals surface area contributed by atoms with Crippen molar-refractivity contribution in [2.45, 2.75) is 93.3 Å². The summed E-state index contributed by atoms with van der Waals surface area (Å²) in [7, 11) is 1.61. The molecule has 11 atom stereocenters. The Morgan fingerprint density at radius 3 is 2.59 bits per heavy atom. The maximum Gasteiger partial charge on any atom is 0.215 e. The van der Waals surface area contributed by atoms with E-state index in [2.05, 4.69) is 10.6 Å². The smallest absolute Gasteiger partial charge is 0.215 e. The van der Waals surface area contributed by atoms with Gasteiger partial charge in [-0.25, -0.2) is 0 Å². The fourth-order valence-electron chi connectivity index (χ4n) is 5.28. The van der Waals surface area contributed by atoms with Crippen molar-refractivity contribution in [2.75, 3.05) is 33.3 Å². The molecule has 0 radical (unpaired) electrons. The van der Waals surface area contributed by atoms with Crippen molar-refractivity contribution in [1.82, 2.24) is 10.6 Å². The summed E-state index contributed by atoms with van der Waals surface area (Å²) >= 11 is 0. The monoisotopic (exact) mass is 531 g/mol. The number of hydrogen-bond donors (Lipinski definition) is 8. The van der Waals surface area contributed by atoms with Gasteiger partial charge in [0.25, 0.3) is 0 Å². The van der Waals surface area contributed by atoms with Crippen LogP contribution in [0.2, 0.25) is 0 Å². The van der Waals surface area contributed by atoms with Crippen molar-refractivity contribution in [1.29, 1.82) is 0 Å². The number of ether oxygens (including phenoxy) is 4. The Kier molecular flexibility index (Phi) is 11.2. The number of carbonyl (C=O) groups is 1. The van der Waals surface area contributed by atoms with Crippen molar-refractivity contribution in [3.05, 3.63) is 11.8 Å². The van der Waals surface area contributed by atoms with Crippen molar-refractivity contribution in [3.63, 3.8) is 0 Å². The summed E-state index contributed by atoms with van der Waals surface area (Å²) in [6.45, 7) is 3.28. The van der Waals surface area contributed by atoms with Crippen molar-refractivity contribution in [2.24, 2.45) is 23.1 Å².